The summed E-state index contributed by atoms with van der Waals surface area (Å²) in [5.41, 5.74) is 3.03. The van der Waals surface area contributed by atoms with Crippen LogP contribution in [0.3, 0.4) is 0 Å². The lowest BCUT2D eigenvalue weighted by atomic mass is 9.91. The molecule has 0 spiro atoms. The Hall–Kier alpha value is -3.59. The van der Waals surface area contributed by atoms with Crippen molar-refractivity contribution < 1.29 is 14.0 Å². The molecule has 0 atom stereocenters. The number of nitriles is 1. The van der Waals surface area contributed by atoms with Crippen molar-refractivity contribution in [1.82, 2.24) is 9.88 Å². The van der Waals surface area contributed by atoms with E-state index in [1.165, 1.54) is 12.1 Å². The van der Waals surface area contributed by atoms with Crippen LogP contribution in [0.25, 0.3) is 22.0 Å². The highest BCUT2D eigenvalue weighted by atomic mass is 19.1. The van der Waals surface area contributed by atoms with Crippen molar-refractivity contribution in [2.45, 2.75) is 31.1 Å². The number of benzene rings is 2. The van der Waals surface area contributed by atoms with Crippen LogP contribution in [-0.4, -0.2) is 35.2 Å². The number of carbonyl (C=O) groups excluding carboxylic acids is 2. The van der Waals surface area contributed by atoms with Crippen LogP contribution in [0.4, 0.5) is 4.39 Å². The van der Waals surface area contributed by atoms with Crippen LogP contribution in [0.5, 0.6) is 0 Å². The van der Waals surface area contributed by atoms with E-state index in [2.05, 4.69) is 11.1 Å². The first kappa shape index (κ1) is 20.3. The van der Waals surface area contributed by atoms with Gasteiger partial charge in [-0.2, -0.15) is 5.26 Å². The number of pyridine rings is 1. The number of amides is 1. The molecule has 1 aliphatic heterocycles. The van der Waals surface area contributed by atoms with Crippen LogP contribution in [0, 0.1) is 23.1 Å². The van der Waals surface area contributed by atoms with Crippen molar-refractivity contribution in [2.24, 2.45) is 5.92 Å². The van der Waals surface area contributed by atoms with Crippen molar-refractivity contribution >= 4 is 23.1 Å². The van der Waals surface area contributed by atoms with Gasteiger partial charge in [-0.25, -0.2) is 4.39 Å². The highest BCUT2D eigenvalue weighted by molar-refractivity contribution is 6.08. The number of aldehydes is 1. The number of hydrogen-bond donors (Lipinski definition) is 0. The van der Waals surface area contributed by atoms with Gasteiger partial charge in [0.1, 0.15) is 12.1 Å². The summed E-state index contributed by atoms with van der Waals surface area (Å²) < 4.78 is 14.2. The molecule has 1 saturated carbocycles. The predicted octanol–water partition coefficient (Wildman–Crippen LogP) is 4.65. The van der Waals surface area contributed by atoms with Crippen LogP contribution < -0.4 is 0 Å². The van der Waals surface area contributed by atoms with E-state index in [4.69, 9.17) is 0 Å². The van der Waals surface area contributed by atoms with E-state index >= 15 is 0 Å². The van der Waals surface area contributed by atoms with E-state index in [-0.39, 0.29) is 11.8 Å². The standard InChI is InChI=1S/C26H22FN3O2/c27-20-5-6-23-21(13-20)24(18-1-3-19(4-2-18)26(16-28)9-10-26)22(14-29-23)25(32)30-11-7-17(15-31)8-12-30/h1-6,13-15,17H,7-12H2. The second-order valence-electron chi connectivity index (χ2n) is 8.75. The molecule has 5 nitrogen and oxygen atoms in total. The zero-order valence-corrected chi connectivity index (χ0v) is 17.6. The van der Waals surface area contributed by atoms with E-state index in [0.717, 1.165) is 30.3 Å². The summed E-state index contributed by atoms with van der Waals surface area (Å²) in [6, 6.07) is 14.5. The molecule has 160 valence electrons. The zero-order valence-electron chi connectivity index (χ0n) is 17.6. The van der Waals surface area contributed by atoms with Crippen molar-refractivity contribution in [3.05, 3.63) is 65.6 Å². The highest BCUT2D eigenvalue weighted by Gasteiger charge is 2.44. The van der Waals surface area contributed by atoms with Gasteiger partial charge in [0.15, 0.2) is 0 Å². The first-order chi connectivity index (χ1) is 15.5. The molecule has 0 bridgehead atoms. The van der Waals surface area contributed by atoms with E-state index < -0.39 is 11.2 Å². The van der Waals surface area contributed by atoms with Gasteiger partial charge < -0.3 is 9.69 Å². The van der Waals surface area contributed by atoms with Crippen molar-refractivity contribution in [1.29, 1.82) is 5.26 Å². The van der Waals surface area contributed by atoms with Crippen LogP contribution in [0.2, 0.25) is 0 Å². The molecule has 6 heteroatoms. The molecule has 2 aromatic carbocycles. The Kier molecular flexibility index (Phi) is 4.97. The minimum absolute atomic E-state index is 0.00947. The lowest BCUT2D eigenvalue weighted by molar-refractivity contribution is -0.112. The zero-order chi connectivity index (χ0) is 22.3. The minimum atomic E-state index is -0.396. The molecule has 2 heterocycles. The molecule has 32 heavy (non-hydrogen) atoms. The fraction of sp³-hybridized carbons (Fsp3) is 0.308. The molecule has 1 amide bonds. The van der Waals surface area contributed by atoms with Crippen LogP contribution in [0.15, 0.2) is 48.7 Å². The molecule has 0 N–H and O–H groups in total. The summed E-state index contributed by atoms with van der Waals surface area (Å²) in [7, 11) is 0. The molecule has 3 aromatic rings. The van der Waals surface area contributed by atoms with E-state index in [9.17, 15) is 19.2 Å². The fourth-order valence-electron chi connectivity index (χ4n) is 4.59. The number of fused-ring (bicyclic) bond motifs is 1. The van der Waals surface area contributed by atoms with Gasteiger partial charge in [-0.3, -0.25) is 9.78 Å². The third kappa shape index (κ3) is 3.44. The Morgan fingerprint density at radius 1 is 1.16 bits per heavy atom. The number of likely N-dealkylation sites (tertiary alicyclic amines) is 1. The predicted molar refractivity (Wildman–Crippen MR) is 118 cm³/mol. The summed E-state index contributed by atoms with van der Waals surface area (Å²) in [5, 5.41) is 10.1. The Morgan fingerprint density at radius 2 is 1.88 bits per heavy atom. The van der Waals surface area contributed by atoms with Crippen molar-refractivity contribution in [2.75, 3.05) is 13.1 Å². The van der Waals surface area contributed by atoms with Crippen LogP contribution in [-0.2, 0) is 10.2 Å². The molecular formula is C26H22FN3O2. The quantitative estimate of drug-likeness (QED) is 0.568. The second-order valence-corrected chi connectivity index (χ2v) is 8.75. The van der Waals surface area contributed by atoms with Crippen LogP contribution in [0.1, 0.15) is 41.6 Å². The Balaban J connectivity index is 1.60. The fourth-order valence-corrected chi connectivity index (χ4v) is 4.59. The normalized spacial score (nSPS) is 17.7. The van der Waals surface area contributed by atoms with E-state index in [0.29, 0.717) is 48.0 Å². The first-order valence-electron chi connectivity index (χ1n) is 10.9. The average molecular weight is 427 g/mol. The molecule has 5 rings (SSSR count). The maximum absolute atomic E-state index is 14.2. The summed E-state index contributed by atoms with van der Waals surface area (Å²) in [4.78, 5) is 30.7. The molecule has 1 aliphatic carbocycles. The monoisotopic (exact) mass is 427 g/mol. The first-order valence-corrected chi connectivity index (χ1v) is 10.9. The summed E-state index contributed by atoms with van der Waals surface area (Å²) in [6.07, 6.45) is 5.52. The molecular weight excluding hydrogens is 405 g/mol. The highest BCUT2D eigenvalue weighted by Crippen LogP contribution is 2.48. The van der Waals surface area contributed by atoms with Gasteiger partial charge in [0.2, 0.25) is 0 Å². The van der Waals surface area contributed by atoms with Gasteiger partial charge in [-0.05, 0) is 55.0 Å². The van der Waals surface area contributed by atoms with Gasteiger partial charge >= 0.3 is 0 Å². The van der Waals surface area contributed by atoms with Gasteiger partial charge in [-0.15, -0.1) is 0 Å². The van der Waals surface area contributed by atoms with E-state index in [1.807, 2.05) is 24.3 Å². The number of carbonyl (C=O) groups is 2. The van der Waals surface area contributed by atoms with Crippen molar-refractivity contribution in [3.8, 4) is 17.2 Å². The Bertz CT molecular complexity index is 1250. The molecule has 0 radical (unpaired) electrons. The smallest absolute Gasteiger partial charge is 0.256 e. The number of halogens is 1. The van der Waals surface area contributed by atoms with Crippen LogP contribution >= 0.6 is 0 Å². The van der Waals surface area contributed by atoms with Gasteiger partial charge in [0.25, 0.3) is 5.91 Å². The number of aromatic nitrogens is 1. The largest absolute Gasteiger partial charge is 0.339 e. The second kappa shape index (κ2) is 7.83. The molecule has 1 aromatic heterocycles. The lowest BCUT2D eigenvalue weighted by Gasteiger charge is -2.30. The summed E-state index contributed by atoms with van der Waals surface area (Å²) in [5.74, 6) is -0.567. The summed E-state index contributed by atoms with van der Waals surface area (Å²) >= 11 is 0. The Labute approximate surface area is 185 Å². The van der Waals surface area contributed by atoms with Gasteiger partial charge in [-0.1, -0.05) is 24.3 Å². The average Bonchev–Trinajstić information content (AvgIpc) is 3.64. The number of hydrogen-bond acceptors (Lipinski definition) is 4. The topological polar surface area (TPSA) is 74.1 Å². The third-order valence-electron chi connectivity index (χ3n) is 6.77. The van der Waals surface area contributed by atoms with Gasteiger partial charge in [0.05, 0.1) is 22.6 Å². The number of rotatable bonds is 4. The lowest BCUT2D eigenvalue weighted by Crippen LogP contribution is -2.39. The van der Waals surface area contributed by atoms with E-state index in [1.54, 1.807) is 17.2 Å². The summed E-state index contributed by atoms with van der Waals surface area (Å²) in [6.45, 7) is 1.01. The molecule has 1 saturated heterocycles. The maximum Gasteiger partial charge on any atom is 0.256 e. The Morgan fingerprint density at radius 3 is 2.50 bits per heavy atom. The van der Waals surface area contributed by atoms with Gasteiger partial charge in [0, 0.05) is 36.2 Å². The molecule has 2 aliphatic rings. The number of nitrogens with zero attached hydrogens (tertiary/aromatic N) is 3. The third-order valence-corrected chi connectivity index (χ3v) is 6.77. The van der Waals surface area contributed by atoms with Crippen molar-refractivity contribution in [3.63, 3.8) is 0 Å². The molecule has 0 unspecified atom stereocenters. The SMILES string of the molecule is N#CC1(c2ccc(-c3c(C(=O)N4CCC(C=O)CC4)cnc4ccc(F)cc34)cc2)CC1. The molecule has 2 fully saturated rings. The maximum atomic E-state index is 14.2. The number of piperidine rings is 1. The minimum Gasteiger partial charge on any atom is -0.339 e.